The molecule has 0 N–H and O–H groups in total. The maximum atomic E-state index is 12.1. The molecule has 150 valence electrons. The van der Waals surface area contributed by atoms with Gasteiger partial charge in [0, 0.05) is 18.3 Å². The molecule has 1 fully saturated rings. The second kappa shape index (κ2) is 8.66. The monoisotopic (exact) mass is 525 g/mol. The van der Waals surface area contributed by atoms with Gasteiger partial charge < -0.3 is 9.47 Å². The van der Waals surface area contributed by atoms with Crippen LogP contribution in [-0.4, -0.2) is 33.4 Å². The lowest BCUT2D eigenvalue weighted by Gasteiger charge is -2.33. The first-order valence-corrected chi connectivity index (χ1v) is 10.5. The fourth-order valence-corrected chi connectivity index (χ4v) is 4.68. The minimum Gasteiger partial charge on any atom is -0.465 e. The lowest BCUT2D eigenvalue weighted by molar-refractivity contribution is -0.145. The Balaban J connectivity index is 1.27. The van der Waals surface area contributed by atoms with E-state index in [0.29, 0.717) is 35.8 Å². The van der Waals surface area contributed by atoms with E-state index in [1.54, 1.807) is 30.5 Å². The van der Waals surface area contributed by atoms with Crippen molar-refractivity contribution in [2.75, 3.05) is 6.61 Å². The quantitative estimate of drug-likeness (QED) is 0.265. The van der Waals surface area contributed by atoms with Gasteiger partial charge in [-0.1, -0.05) is 23.7 Å². The summed E-state index contributed by atoms with van der Waals surface area (Å²) < 4.78 is 13.0. The van der Waals surface area contributed by atoms with Crippen LogP contribution in [-0.2, 0) is 20.7 Å². The summed E-state index contributed by atoms with van der Waals surface area (Å²) in [6.45, 7) is 0.776. The van der Waals surface area contributed by atoms with Crippen LogP contribution in [0.2, 0.25) is 5.15 Å². The Kier molecular flexibility index (Phi) is 6.00. The minimum atomic E-state index is -0.267. The molecule has 2 aromatic heterocycles. The Bertz CT molecular complexity index is 1050. The predicted octanol–water partition coefficient (Wildman–Crippen LogP) is 3.80. The third kappa shape index (κ3) is 4.37. The van der Waals surface area contributed by atoms with Gasteiger partial charge in [-0.25, -0.2) is 9.97 Å². The second-order valence-corrected chi connectivity index (χ2v) is 8.33. The summed E-state index contributed by atoms with van der Waals surface area (Å²) in [6, 6.07) is 6.77. The molecule has 1 saturated carbocycles. The molecule has 0 radical (unpaired) electrons. The molecule has 2 heterocycles. The summed E-state index contributed by atoms with van der Waals surface area (Å²) in [5, 5.41) is 0.450. The Morgan fingerprint density at radius 2 is 2.07 bits per heavy atom. The highest BCUT2D eigenvalue weighted by Gasteiger charge is 2.34. The van der Waals surface area contributed by atoms with Gasteiger partial charge >= 0.3 is 5.97 Å². The normalized spacial score (nSPS) is 18.3. The molecule has 29 heavy (non-hydrogen) atoms. The van der Waals surface area contributed by atoms with E-state index >= 15 is 0 Å². The maximum Gasteiger partial charge on any atom is 0.310 e. The minimum absolute atomic E-state index is 0.187. The molecule has 0 aliphatic heterocycles. The molecule has 3 aromatic rings. The third-order valence-corrected chi connectivity index (χ3v) is 6.06. The molecule has 0 amide bonds. The highest BCUT2D eigenvalue weighted by atomic mass is 127. The number of carbonyl (C=O) groups excluding carboxylic acids is 2. The first-order valence-electron chi connectivity index (χ1n) is 9.08. The van der Waals surface area contributed by atoms with Crippen LogP contribution in [0.15, 0.2) is 36.7 Å². The molecule has 0 bridgehead atoms. The van der Waals surface area contributed by atoms with Gasteiger partial charge in [0.25, 0.3) is 6.47 Å². The van der Waals surface area contributed by atoms with Crippen molar-refractivity contribution in [3.8, 4) is 5.75 Å². The van der Waals surface area contributed by atoms with Crippen molar-refractivity contribution in [3.63, 3.8) is 0 Å². The summed E-state index contributed by atoms with van der Waals surface area (Å²) in [5.41, 5.74) is 1.65. The number of nitrogens with zero attached hydrogens (tertiary/aromatic N) is 3. The lowest BCUT2D eigenvalue weighted by Crippen LogP contribution is -2.28. The molecule has 0 atom stereocenters. The topological polar surface area (TPSA) is 82.8 Å². The molecule has 7 nitrogen and oxygen atoms in total. The molecule has 0 unspecified atom stereocenters. The van der Waals surface area contributed by atoms with Crippen LogP contribution in [0.4, 0.5) is 0 Å². The van der Waals surface area contributed by atoms with Crippen molar-refractivity contribution in [1.82, 2.24) is 14.4 Å². The average Bonchev–Trinajstić information content (AvgIpc) is 3.00. The van der Waals surface area contributed by atoms with E-state index in [1.165, 1.54) is 0 Å². The molecule has 1 aromatic carbocycles. The SMILES string of the molecule is O=COc1ccc(CC(=O)OCC2CC(c3nc(I)c4c(Cl)nccn34)C2)cc1. The zero-order valence-electron chi connectivity index (χ0n) is 15.3. The number of ether oxygens (including phenoxy) is 2. The van der Waals surface area contributed by atoms with Gasteiger partial charge in [0.2, 0.25) is 0 Å². The predicted molar refractivity (Wildman–Crippen MR) is 114 cm³/mol. The fraction of sp³-hybridized carbons (Fsp3) is 0.300. The summed E-state index contributed by atoms with van der Waals surface area (Å²) >= 11 is 8.36. The number of halogens is 2. The van der Waals surface area contributed by atoms with Crippen molar-refractivity contribution in [3.05, 3.63) is 56.9 Å². The molecule has 1 aliphatic rings. The van der Waals surface area contributed by atoms with Crippen molar-refractivity contribution in [1.29, 1.82) is 0 Å². The number of esters is 1. The van der Waals surface area contributed by atoms with E-state index in [-0.39, 0.29) is 12.4 Å². The number of benzene rings is 1. The summed E-state index contributed by atoms with van der Waals surface area (Å²) in [5.74, 6) is 1.80. The Hall–Kier alpha value is -2.20. The van der Waals surface area contributed by atoms with Crippen LogP contribution in [0.25, 0.3) is 5.52 Å². The van der Waals surface area contributed by atoms with Gasteiger partial charge in [0.15, 0.2) is 5.15 Å². The summed E-state index contributed by atoms with van der Waals surface area (Å²) in [6.07, 6.45) is 5.57. The maximum absolute atomic E-state index is 12.1. The van der Waals surface area contributed by atoms with E-state index < -0.39 is 0 Å². The van der Waals surface area contributed by atoms with E-state index in [4.69, 9.17) is 21.1 Å². The molecule has 0 spiro atoms. The molecular formula is C20H17ClIN3O4. The third-order valence-electron chi connectivity index (χ3n) is 5.03. The molecule has 9 heteroatoms. The number of imidazole rings is 1. The van der Waals surface area contributed by atoms with Gasteiger partial charge in [0.05, 0.1) is 13.0 Å². The zero-order valence-corrected chi connectivity index (χ0v) is 18.2. The highest BCUT2D eigenvalue weighted by Crippen LogP contribution is 2.42. The van der Waals surface area contributed by atoms with Gasteiger partial charge in [-0.15, -0.1) is 0 Å². The van der Waals surface area contributed by atoms with Gasteiger partial charge in [-0.05, 0) is 59.0 Å². The summed E-state index contributed by atoms with van der Waals surface area (Å²) in [4.78, 5) is 31.2. The second-order valence-electron chi connectivity index (χ2n) is 6.95. The molecule has 1 aliphatic carbocycles. The number of rotatable bonds is 7. The van der Waals surface area contributed by atoms with Crippen molar-refractivity contribution < 1.29 is 19.1 Å². The number of hydrogen-bond acceptors (Lipinski definition) is 6. The van der Waals surface area contributed by atoms with Gasteiger partial charge in [-0.2, -0.15) is 0 Å². The van der Waals surface area contributed by atoms with Gasteiger partial charge in [-0.3, -0.25) is 14.0 Å². The Morgan fingerprint density at radius 3 is 2.79 bits per heavy atom. The van der Waals surface area contributed by atoms with E-state index in [0.717, 1.165) is 33.4 Å². The van der Waals surface area contributed by atoms with E-state index in [1.807, 2.05) is 10.6 Å². The number of aromatic nitrogens is 3. The number of carbonyl (C=O) groups is 2. The van der Waals surface area contributed by atoms with Crippen molar-refractivity contribution >= 4 is 52.2 Å². The van der Waals surface area contributed by atoms with Crippen molar-refractivity contribution in [2.24, 2.45) is 5.92 Å². The standard InChI is InChI=1S/C20H17ClIN3O4/c21-18-17-19(22)24-20(25(17)6-5-23-18)14-7-13(8-14)10-28-16(27)9-12-1-3-15(4-2-12)29-11-26/h1-6,11,13-14H,7-10H2. The largest absolute Gasteiger partial charge is 0.465 e. The van der Waals surface area contributed by atoms with Crippen LogP contribution in [0.1, 0.15) is 30.1 Å². The Labute approximate surface area is 185 Å². The van der Waals surface area contributed by atoms with Crippen LogP contribution < -0.4 is 4.74 Å². The van der Waals surface area contributed by atoms with Crippen LogP contribution in [0.3, 0.4) is 0 Å². The van der Waals surface area contributed by atoms with Crippen molar-refractivity contribution in [2.45, 2.75) is 25.2 Å². The fourth-order valence-electron chi connectivity index (χ4n) is 3.52. The van der Waals surface area contributed by atoms with Crippen LogP contribution >= 0.6 is 34.2 Å². The molecular weight excluding hydrogens is 509 g/mol. The van der Waals surface area contributed by atoms with Crippen LogP contribution in [0, 0.1) is 9.62 Å². The first kappa shape index (κ1) is 20.1. The van der Waals surface area contributed by atoms with E-state index in [2.05, 4.69) is 32.6 Å². The zero-order chi connectivity index (χ0) is 20.4. The molecule has 4 rings (SSSR count). The Morgan fingerprint density at radius 1 is 1.31 bits per heavy atom. The lowest BCUT2D eigenvalue weighted by atomic mass is 9.75. The number of hydrogen-bond donors (Lipinski definition) is 0. The number of fused-ring (bicyclic) bond motifs is 1. The van der Waals surface area contributed by atoms with Gasteiger partial charge in [0.1, 0.15) is 20.8 Å². The van der Waals surface area contributed by atoms with E-state index in [9.17, 15) is 9.59 Å². The average molecular weight is 526 g/mol. The summed E-state index contributed by atoms with van der Waals surface area (Å²) in [7, 11) is 0. The van der Waals surface area contributed by atoms with Crippen LogP contribution in [0.5, 0.6) is 5.75 Å². The smallest absolute Gasteiger partial charge is 0.310 e. The highest BCUT2D eigenvalue weighted by molar-refractivity contribution is 14.1. The molecule has 0 saturated heterocycles. The first-order chi connectivity index (χ1) is 14.0.